The number of nitrogens with two attached hydrogens (primary N) is 1. The molecular weight excluding hydrogens is 244 g/mol. The zero-order valence-electron chi connectivity index (χ0n) is 11.1. The number of benzene rings is 1. The second kappa shape index (κ2) is 5.40. The van der Waals surface area contributed by atoms with Crippen molar-refractivity contribution in [2.45, 2.75) is 26.4 Å². The van der Waals surface area contributed by atoms with E-state index in [0.717, 1.165) is 0 Å². The Morgan fingerprint density at radius 2 is 2.26 bits per heavy atom. The number of fused-ring (bicyclic) bond motifs is 1. The second-order valence-electron chi connectivity index (χ2n) is 4.93. The van der Waals surface area contributed by atoms with Crippen LogP contribution in [0.5, 0.6) is 5.75 Å². The number of carbonyl (C=O) groups is 2. The molecule has 19 heavy (non-hydrogen) atoms. The van der Waals surface area contributed by atoms with Crippen LogP contribution in [-0.4, -0.2) is 24.3 Å². The van der Waals surface area contributed by atoms with Crippen molar-refractivity contribution in [1.82, 2.24) is 0 Å². The Labute approximate surface area is 112 Å². The summed E-state index contributed by atoms with van der Waals surface area (Å²) in [6.45, 7) is 4.09. The van der Waals surface area contributed by atoms with Crippen LogP contribution in [0.2, 0.25) is 0 Å². The molecule has 0 spiro atoms. The van der Waals surface area contributed by atoms with Crippen molar-refractivity contribution < 1.29 is 14.3 Å². The summed E-state index contributed by atoms with van der Waals surface area (Å²) in [6.07, 6.45) is -0.105. The minimum Gasteiger partial charge on any atom is -0.479 e. The average molecular weight is 262 g/mol. The molecule has 0 aromatic heterocycles. The summed E-state index contributed by atoms with van der Waals surface area (Å²) in [5, 5.41) is 2.73. The maximum Gasteiger partial charge on any atom is 0.265 e. The zero-order valence-corrected chi connectivity index (χ0v) is 11.1. The molecule has 0 radical (unpaired) electrons. The van der Waals surface area contributed by atoms with Gasteiger partial charge in [0, 0.05) is 12.0 Å². The highest BCUT2D eigenvalue weighted by Gasteiger charge is 2.24. The first-order chi connectivity index (χ1) is 9.01. The van der Waals surface area contributed by atoms with E-state index in [0.29, 0.717) is 30.0 Å². The third-order valence-electron chi connectivity index (χ3n) is 3.17. The summed E-state index contributed by atoms with van der Waals surface area (Å²) in [5.74, 6) is 0.561. The van der Waals surface area contributed by atoms with Gasteiger partial charge in [0.05, 0.1) is 5.69 Å². The Hall–Kier alpha value is -1.88. The number of Topliss-reactive ketones (excluding diaryl/α,β-unsaturated/α-hetero) is 1. The summed E-state index contributed by atoms with van der Waals surface area (Å²) in [7, 11) is 0. The highest BCUT2D eigenvalue weighted by atomic mass is 16.5. The number of ketones is 1. The maximum absolute atomic E-state index is 12.0. The summed E-state index contributed by atoms with van der Waals surface area (Å²) < 4.78 is 5.44. The van der Waals surface area contributed by atoms with E-state index in [1.807, 2.05) is 6.92 Å². The van der Waals surface area contributed by atoms with Crippen molar-refractivity contribution in [3.63, 3.8) is 0 Å². The largest absolute Gasteiger partial charge is 0.479 e. The average Bonchev–Trinajstić information content (AvgIpc) is 2.39. The number of nitrogens with one attached hydrogen (secondary N) is 1. The SMILES string of the molecule is CC(CN)CC(=O)c1ccc2c(c1)NC(=O)C(C)O2. The fraction of sp³-hybridized carbons (Fsp3) is 0.429. The Morgan fingerprint density at radius 1 is 1.53 bits per heavy atom. The van der Waals surface area contributed by atoms with Gasteiger partial charge in [0.2, 0.25) is 0 Å². The van der Waals surface area contributed by atoms with Gasteiger partial charge in [-0.25, -0.2) is 0 Å². The first-order valence-electron chi connectivity index (χ1n) is 6.36. The van der Waals surface area contributed by atoms with Gasteiger partial charge in [-0.05, 0) is 37.6 Å². The highest BCUT2D eigenvalue weighted by Crippen LogP contribution is 2.30. The monoisotopic (exact) mass is 262 g/mol. The number of amides is 1. The third kappa shape index (κ3) is 2.93. The van der Waals surface area contributed by atoms with E-state index in [4.69, 9.17) is 10.5 Å². The molecule has 1 aromatic carbocycles. The van der Waals surface area contributed by atoms with E-state index in [-0.39, 0.29) is 17.6 Å². The molecule has 2 unspecified atom stereocenters. The summed E-state index contributed by atoms with van der Waals surface area (Å²) in [6, 6.07) is 5.09. The topological polar surface area (TPSA) is 81.4 Å². The number of hydrogen-bond donors (Lipinski definition) is 2. The number of rotatable bonds is 4. The minimum atomic E-state index is -0.508. The van der Waals surface area contributed by atoms with E-state index in [1.54, 1.807) is 25.1 Å². The lowest BCUT2D eigenvalue weighted by Gasteiger charge is -2.23. The molecule has 1 aliphatic rings. The van der Waals surface area contributed by atoms with Gasteiger partial charge < -0.3 is 15.8 Å². The van der Waals surface area contributed by atoms with E-state index >= 15 is 0 Å². The molecule has 5 heteroatoms. The summed E-state index contributed by atoms with van der Waals surface area (Å²) in [5.41, 5.74) is 6.63. The van der Waals surface area contributed by atoms with Crippen LogP contribution >= 0.6 is 0 Å². The van der Waals surface area contributed by atoms with Crippen molar-refractivity contribution in [1.29, 1.82) is 0 Å². The van der Waals surface area contributed by atoms with Crippen LogP contribution in [0.4, 0.5) is 5.69 Å². The van der Waals surface area contributed by atoms with Gasteiger partial charge in [0.1, 0.15) is 5.75 Å². The van der Waals surface area contributed by atoms with Crippen molar-refractivity contribution in [3.05, 3.63) is 23.8 Å². The van der Waals surface area contributed by atoms with E-state index in [9.17, 15) is 9.59 Å². The molecule has 0 saturated heterocycles. The smallest absolute Gasteiger partial charge is 0.265 e. The molecule has 0 bridgehead atoms. The van der Waals surface area contributed by atoms with Gasteiger partial charge in [0.25, 0.3) is 5.91 Å². The van der Waals surface area contributed by atoms with Crippen LogP contribution in [0, 0.1) is 5.92 Å². The van der Waals surface area contributed by atoms with Crippen LogP contribution in [-0.2, 0) is 4.79 Å². The molecule has 102 valence electrons. The fourth-order valence-corrected chi connectivity index (χ4v) is 1.90. The van der Waals surface area contributed by atoms with Crippen molar-refractivity contribution in [2.75, 3.05) is 11.9 Å². The molecule has 1 aromatic rings. The maximum atomic E-state index is 12.0. The van der Waals surface area contributed by atoms with Crippen molar-refractivity contribution in [3.8, 4) is 5.75 Å². The van der Waals surface area contributed by atoms with Gasteiger partial charge in [0.15, 0.2) is 11.9 Å². The molecule has 2 rings (SSSR count). The van der Waals surface area contributed by atoms with Gasteiger partial charge >= 0.3 is 0 Å². The molecule has 0 fully saturated rings. The Kier molecular flexibility index (Phi) is 3.85. The minimum absolute atomic E-state index is 0.0219. The number of ether oxygens (including phenoxy) is 1. The first-order valence-corrected chi connectivity index (χ1v) is 6.36. The lowest BCUT2D eigenvalue weighted by atomic mass is 9.99. The van der Waals surface area contributed by atoms with Gasteiger partial charge in [-0.2, -0.15) is 0 Å². The summed E-state index contributed by atoms with van der Waals surface area (Å²) >= 11 is 0. The van der Waals surface area contributed by atoms with Crippen molar-refractivity contribution >= 4 is 17.4 Å². The van der Waals surface area contributed by atoms with E-state index in [1.165, 1.54) is 0 Å². The standard InChI is InChI=1S/C14H18N2O3/c1-8(7-15)5-12(17)10-3-4-13-11(6-10)16-14(18)9(2)19-13/h3-4,6,8-9H,5,7,15H2,1-2H3,(H,16,18). The molecule has 2 atom stereocenters. The molecule has 0 aliphatic carbocycles. The van der Waals surface area contributed by atoms with E-state index in [2.05, 4.69) is 5.32 Å². The van der Waals surface area contributed by atoms with Crippen LogP contribution in [0.25, 0.3) is 0 Å². The van der Waals surface area contributed by atoms with Gasteiger partial charge in [-0.3, -0.25) is 9.59 Å². The molecular formula is C14H18N2O3. The van der Waals surface area contributed by atoms with Crippen LogP contribution in [0.1, 0.15) is 30.6 Å². The summed E-state index contributed by atoms with van der Waals surface area (Å²) in [4.78, 5) is 23.6. The fourth-order valence-electron chi connectivity index (χ4n) is 1.90. The van der Waals surface area contributed by atoms with Crippen molar-refractivity contribution in [2.24, 2.45) is 11.7 Å². The molecule has 1 amide bonds. The predicted octanol–water partition coefficient (Wildman–Crippen LogP) is 1.57. The molecule has 1 heterocycles. The lowest BCUT2D eigenvalue weighted by molar-refractivity contribution is -0.122. The van der Waals surface area contributed by atoms with E-state index < -0.39 is 6.10 Å². The number of anilines is 1. The normalized spacial score (nSPS) is 19.1. The van der Waals surface area contributed by atoms with Gasteiger partial charge in [-0.15, -0.1) is 0 Å². The van der Waals surface area contributed by atoms with Crippen LogP contribution < -0.4 is 15.8 Å². The quantitative estimate of drug-likeness (QED) is 0.807. The third-order valence-corrected chi connectivity index (χ3v) is 3.17. The van der Waals surface area contributed by atoms with Gasteiger partial charge in [-0.1, -0.05) is 6.92 Å². The highest BCUT2D eigenvalue weighted by molar-refractivity contribution is 6.01. The molecule has 3 N–H and O–H groups in total. The Balaban J connectivity index is 2.19. The zero-order chi connectivity index (χ0) is 14.0. The first kappa shape index (κ1) is 13.5. The molecule has 1 aliphatic heterocycles. The Morgan fingerprint density at radius 3 is 2.95 bits per heavy atom. The predicted molar refractivity (Wildman–Crippen MR) is 72.3 cm³/mol. The Bertz CT molecular complexity index is 513. The lowest BCUT2D eigenvalue weighted by Crippen LogP contribution is -2.34. The number of hydrogen-bond acceptors (Lipinski definition) is 4. The van der Waals surface area contributed by atoms with Crippen LogP contribution in [0.15, 0.2) is 18.2 Å². The molecule has 5 nitrogen and oxygen atoms in total. The number of carbonyl (C=O) groups excluding carboxylic acids is 2. The van der Waals surface area contributed by atoms with Crippen LogP contribution in [0.3, 0.4) is 0 Å². The molecule has 0 saturated carbocycles. The second-order valence-corrected chi connectivity index (χ2v) is 4.93.